The lowest BCUT2D eigenvalue weighted by atomic mass is 9.73. The Morgan fingerprint density at radius 3 is 2.46 bits per heavy atom. The van der Waals surface area contributed by atoms with E-state index in [0.29, 0.717) is 5.56 Å². The normalized spacial score (nSPS) is 22.0. The van der Waals surface area contributed by atoms with E-state index in [1.54, 1.807) is 51.4 Å². The van der Waals surface area contributed by atoms with Crippen LogP contribution >= 0.6 is 0 Å². The molecule has 0 aliphatic heterocycles. The summed E-state index contributed by atoms with van der Waals surface area (Å²) in [6, 6.07) is 13.3. The van der Waals surface area contributed by atoms with Crippen LogP contribution in [0.4, 0.5) is 4.79 Å². The van der Waals surface area contributed by atoms with Crippen LogP contribution in [0.15, 0.2) is 73.1 Å². The maximum atomic E-state index is 13.3. The molecule has 4 rings (SSSR count). The monoisotopic (exact) mass is 562 g/mol. The van der Waals surface area contributed by atoms with Crippen molar-refractivity contribution >= 4 is 17.6 Å². The average molecular weight is 563 g/mol. The van der Waals surface area contributed by atoms with Crippen molar-refractivity contribution in [2.24, 2.45) is 5.41 Å². The predicted octanol–water partition coefficient (Wildman–Crippen LogP) is 6.18. The summed E-state index contributed by atoms with van der Waals surface area (Å²) in [5, 5.41) is 21.6. The van der Waals surface area contributed by atoms with E-state index in [4.69, 9.17) is 9.47 Å². The zero-order chi connectivity index (χ0) is 29.5. The van der Waals surface area contributed by atoms with Crippen LogP contribution in [0.25, 0.3) is 5.57 Å². The SMILES string of the molecule is CC(C)(C)OC(=O)N(CCC1(C(=O)O)C=CC(c2ccccc2)=CC1OC1CCCCC1)C[C@H](O)c1cccnc1. The standard InChI is InChI=1S/C33H42N2O6/c1-32(2,3)41-31(39)35(23-28(36)26-13-10-19-34-22-26)20-18-33(30(37)38)17-16-25(24-11-6-4-7-12-24)21-29(33)40-27-14-8-5-9-15-27/h4,6-7,10-13,16-17,19,21-22,27-29,36H,5,8-9,14-15,18,20,23H2,1-3H3,(H,37,38)/t28-,29?,33?/m0/s1. The van der Waals surface area contributed by atoms with Gasteiger partial charge in [-0.25, -0.2) is 4.79 Å². The van der Waals surface area contributed by atoms with Gasteiger partial charge in [-0.3, -0.25) is 9.78 Å². The summed E-state index contributed by atoms with van der Waals surface area (Å²) in [7, 11) is 0. The van der Waals surface area contributed by atoms with Gasteiger partial charge in [0.05, 0.1) is 24.9 Å². The zero-order valence-electron chi connectivity index (χ0n) is 24.2. The van der Waals surface area contributed by atoms with Crippen molar-refractivity contribution in [3.05, 3.63) is 84.2 Å². The van der Waals surface area contributed by atoms with Gasteiger partial charge in [-0.05, 0) is 63.3 Å². The van der Waals surface area contributed by atoms with Gasteiger partial charge in [0.1, 0.15) is 11.0 Å². The van der Waals surface area contributed by atoms with Crippen LogP contribution in [0.1, 0.15) is 76.5 Å². The number of aliphatic hydroxyl groups excluding tert-OH is 1. The van der Waals surface area contributed by atoms with Gasteiger partial charge in [-0.15, -0.1) is 0 Å². The number of aromatic nitrogens is 1. The Hall–Kier alpha value is -3.49. The second-order valence-electron chi connectivity index (χ2n) is 12.0. The molecule has 220 valence electrons. The quantitative estimate of drug-likeness (QED) is 0.356. The number of hydrogen-bond acceptors (Lipinski definition) is 6. The number of carboxylic acid groups (broad SMARTS) is 1. The molecule has 2 unspecified atom stereocenters. The van der Waals surface area contributed by atoms with Crippen LogP contribution in [0.2, 0.25) is 0 Å². The molecule has 2 aromatic rings. The second kappa shape index (κ2) is 13.4. The van der Waals surface area contributed by atoms with Crippen molar-refractivity contribution in [1.29, 1.82) is 0 Å². The molecule has 1 amide bonds. The number of rotatable bonds is 10. The first-order valence-corrected chi connectivity index (χ1v) is 14.5. The Bertz CT molecular complexity index is 1220. The molecule has 41 heavy (non-hydrogen) atoms. The molecule has 2 aliphatic carbocycles. The molecule has 2 N–H and O–H groups in total. The Kier molecular flexibility index (Phi) is 9.99. The fourth-order valence-corrected chi connectivity index (χ4v) is 5.41. The Morgan fingerprint density at radius 2 is 1.83 bits per heavy atom. The summed E-state index contributed by atoms with van der Waals surface area (Å²) >= 11 is 0. The molecular formula is C33H42N2O6. The van der Waals surface area contributed by atoms with Gasteiger partial charge in [0.15, 0.2) is 0 Å². The molecule has 1 aromatic heterocycles. The molecule has 8 heteroatoms. The van der Waals surface area contributed by atoms with E-state index < -0.39 is 35.3 Å². The van der Waals surface area contributed by atoms with Crippen LogP contribution in [0, 0.1) is 5.41 Å². The molecule has 1 heterocycles. The minimum atomic E-state index is -1.41. The maximum Gasteiger partial charge on any atom is 0.410 e. The van der Waals surface area contributed by atoms with Crippen molar-refractivity contribution < 1.29 is 29.3 Å². The summed E-state index contributed by atoms with van der Waals surface area (Å²) in [5.41, 5.74) is 0.272. The topological polar surface area (TPSA) is 109 Å². The molecule has 3 atom stereocenters. The van der Waals surface area contributed by atoms with E-state index in [2.05, 4.69) is 4.98 Å². The molecule has 8 nitrogen and oxygen atoms in total. The molecule has 2 aliphatic rings. The lowest BCUT2D eigenvalue weighted by molar-refractivity contribution is -0.157. The second-order valence-corrected chi connectivity index (χ2v) is 12.0. The lowest BCUT2D eigenvalue weighted by Crippen LogP contribution is -2.48. The number of benzene rings is 1. The van der Waals surface area contributed by atoms with E-state index in [0.717, 1.165) is 43.2 Å². The number of aliphatic hydroxyl groups is 1. The number of carbonyl (C=O) groups is 2. The van der Waals surface area contributed by atoms with E-state index in [9.17, 15) is 19.8 Å². The van der Waals surface area contributed by atoms with Crippen molar-refractivity contribution in [2.75, 3.05) is 13.1 Å². The molecule has 1 fully saturated rings. The van der Waals surface area contributed by atoms with Gasteiger partial charge in [0.2, 0.25) is 0 Å². The number of allylic oxidation sites excluding steroid dienone is 2. The molecule has 0 bridgehead atoms. The predicted molar refractivity (Wildman–Crippen MR) is 157 cm³/mol. The van der Waals surface area contributed by atoms with Crippen LogP contribution in [0.5, 0.6) is 0 Å². The highest BCUT2D eigenvalue weighted by atomic mass is 16.6. The number of aliphatic carboxylic acids is 1. The largest absolute Gasteiger partial charge is 0.481 e. The number of carboxylic acids is 1. The van der Waals surface area contributed by atoms with Gasteiger partial charge in [0.25, 0.3) is 0 Å². The number of nitrogens with zero attached hydrogens (tertiary/aromatic N) is 2. The van der Waals surface area contributed by atoms with Crippen LogP contribution in [-0.4, -0.2) is 63.1 Å². The van der Waals surface area contributed by atoms with Crippen LogP contribution in [-0.2, 0) is 14.3 Å². The number of amides is 1. The molecule has 0 spiro atoms. The summed E-state index contributed by atoms with van der Waals surface area (Å²) < 4.78 is 12.2. The van der Waals surface area contributed by atoms with E-state index >= 15 is 0 Å². The maximum absolute atomic E-state index is 13.3. The van der Waals surface area contributed by atoms with E-state index in [1.165, 1.54) is 4.90 Å². The highest BCUT2D eigenvalue weighted by molar-refractivity contribution is 5.84. The summed E-state index contributed by atoms with van der Waals surface area (Å²) in [6.45, 7) is 5.29. The third-order valence-corrected chi connectivity index (χ3v) is 7.71. The third-order valence-electron chi connectivity index (χ3n) is 7.71. The van der Waals surface area contributed by atoms with Crippen molar-refractivity contribution in [3.63, 3.8) is 0 Å². The van der Waals surface area contributed by atoms with Gasteiger partial charge in [-0.2, -0.15) is 0 Å². The van der Waals surface area contributed by atoms with E-state index in [-0.39, 0.29) is 25.6 Å². The first-order chi connectivity index (χ1) is 19.6. The highest BCUT2D eigenvalue weighted by Crippen LogP contribution is 2.41. The van der Waals surface area contributed by atoms with Crippen molar-refractivity contribution in [3.8, 4) is 0 Å². The summed E-state index contributed by atoms with van der Waals surface area (Å²) in [6.07, 6.45) is 11.4. The summed E-state index contributed by atoms with van der Waals surface area (Å²) in [4.78, 5) is 31.8. The van der Waals surface area contributed by atoms with Crippen molar-refractivity contribution in [2.45, 2.75) is 83.2 Å². The number of pyridine rings is 1. The lowest BCUT2D eigenvalue weighted by Gasteiger charge is -2.40. The molecule has 0 radical (unpaired) electrons. The fourth-order valence-electron chi connectivity index (χ4n) is 5.41. The van der Waals surface area contributed by atoms with Gasteiger partial charge in [-0.1, -0.05) is 67.8 Å². The molecule has 1 aromatic carbocycles. The Labute approximate surface area is 242 Å². The third kappa shape index (κ3) is 8.05. The average Bonchev–Trinajstić information content (AvgIpc) is 2.96. The van der Waals surface area contributed by atoms with Gasteiger partial charge >= 0.3 is 12.1 Å². The molecule has 1 saturated carbocycles. The number of carbonyl (C=O) groups excluding carboxylic acids is 1. The van der Waals surface area contributed by atoms with E-state index in [1.807, 2.05) is 42.5 Å². The van der Waals surface area contributed by atoms with Crippen molar-refractivity contribution in [1.82, 2.24) is 9.88 Å². The molecule has 0 saturated heterocycles. The molecular weight excluding hydrogens is 520 g/mol. The smallest absolute Gasteiger partial charge is 0.410 e. The first kappa shape index (κ1) is 30.5. The van der Waals surface area contributed by atoms with Gasteiger partial charge in [0, 0.05) is 24.5 Å². The zero-order valence-corrected chi connectivity index (χ0v) is 24.2. The number of ether oxygens (including phenoxy) is 2. The van der Waals surface area contributed by atoms with Gasteiger partial charge < -0.3 is 24.6 Å². The first-order valence-electron chi connectivity index (χ1n) is 14.5. The fraction of sp³-hybridized carbons (Fsp3) is 0.485. The number of hydrogen-bond donors (Lipinski definition) is 2. The minimum absolute atomic E-state index is 0.0263. The highest BCUT2D eigenvalue weighted by Gasteiger charge is 2.47. The van der Waals surface area contributed by atoms with Crippen LogP contribution < -0.4 is 0 Å². The minimum Gasteiger partial charge on any atom is -0.481 e. The van der Waals surface area contributed by atoms with Crippen LogP contribution in [0.3, 0.4) is 0 Å². The Balaban J connectivity index is 1.62. The Morgan fingerprint density at radius 1 is 1.10 bits per heavy atom. The summed E-state index contributed by atoms with van der Waals surface area (Å²) in [5.74, 6) is -1.02.